The number of rotatable bonds is 24. The van der Waals surface area contributed by atoms with E-state index in [9.17, 15) is 23.9 Å². The topological polar surface area (TPSA) is 388 Å². The number of aryl methyl sites for hydroxylation is 1. The minimum absolute atomic E-state index is 0.00721. The molecule has 1 amide bonds. The van der Waals surface area contributed by atoms with Crippen LogP contribution in [0.4, 0.5) is 16.0 Å². The zero-order chi connectivity index (χ0) is 102. The molecule has 35 heteroatoms. The fourth-order valence-electron chi connectivity index (χ4n) is 20.4. The molecule has 28 nitrogen and oxygen atoms in total. The molecule has 4 saturated heterocycles. The number of nitrogens with zero attached hydrogens (tertiary/aromatic N) is 14. The quantitative estimate of drug-likeness (QED) is 0.0250. The molecule has 10 aromatic heterocycles. The van der Waals surface area contributed by atoms with Crippen LogP contribution < -0.4 is 43.3 Å². The summed E-state index contributed by atoms with van der Waals surface area (Å²) in [5.74, 6) is 1.22. The highest BCUT2D eigenvalue weighted by molar-refractivity contribution is 7.18. The number of para-hydroxylation sites is 2. The summed E-state index contributed by atoms with van der Waals surface area (Å²) >= 11 is 31.8. The maximum absolute atomic E-state index is 13.4. The molecule has 0 spiro atoms. The summed E-state index contributed by atoms with van der Waals surface area (Å²) in [6.45, 7) is 8.20. The molecule has 0 unspecified atom stereocenters. The Morgan fingerprint density at radius 2 is 1.20 bits per heavy atom. The van der Waals surface area contributed by atoms with E-state index < -0.39 is 5.54 Å². The lowest BCUT2D eigenvalue weighted by Gasteiger charge is -2.40. The van der Waals surface area contributed by atoms with E-state index in [1.54, 1.807) is 48.6 Å². The lowest BCUT2D eigenvalue weighted by Crippen LogP contribution is -2.60. The Labute approximate surface area is 877 Å². The number of aromatic nitrogens is 16. The number of amides is 1. The Hall–Kier alpha value is -13.7. The number of Topliss-reactive ketones (excluding diaryl/α,β-unsaturated/α-hetero) is 1. The molecule has 14 N–H and O–H groups in total. The smallest absolute Gasteiger partial charge is 0.326 e. The minimum atomic E-state index is -0.971. The van der Waals surface area contributed by atoms with E-state index in [4.69, 9.17) is 80.2 Å². The average Bonchev–Trinajstić information content (AvgIpc) is 1.39. The van der Waals surface area contributed by atoms with Crippen molar-refractivity contribution in [1.29, 1.82) is 0 Å². The van der Waals surface area contributed by atoms with E-state index in [1.165, 1.54) is 63.8 Å². The van der Waals surface area contributed by atoms with Crippen LogP contribution in [0.3, 0.4) is 0 Å². The lowest BCUT2D eigenvalue weighted by molar-refractivity contribution is -0.128. The predicted molar refractivity (Wildman–Crippen MR) is 586 cm³/mol. The van der Waals surface area contributed by atoms with E-state index in [2.05, 4.69) is 175 Å². The van der Waals surface area contributed by atoms with Crippen LogP contribution in [0.1, 0.15) is 119 Å². The molecule has 2 atom stereocenters. The van der Waals surface area contributed by atoms with Gasteiger partial charge in [0.05, 0.1) is 94.8 Å². The van der Waals surface area contributed by atoms with Gasteiger partial charge < -0.3 is 62.7 Å². The van der Waals surface area contributed by atoms with Gasteiger partial charge in [-0.2, -0.15) is 10.2 Å². The van der Waals surface area contributed by atoms with Crippen molar-refractivity contribution in [3.8, 4) is 44.9 Å². The van der Waals surface area contributed by atoms with Crippen molar-refractivity contribution in [2.75, 3.05) is 75.3 Å². The molecule has 19 aromatic rings. The molecule has 147 heavy (non-hydrogen) atoms. The van der Waals surface area contributed by atoms with Crippen molar-refractivity contribution in [2.45, 2.75) is 112 Å². The first kappa shape index (κ1) is 102. The van der Waals surface area contributed by atoms with Crippen LogP contribution >= 0.6 is 69.3 Å². The van der Waals surface area contributed by atoms with Crippen LogP contribution in [0.25, 0.3) is 100 Å². The standard InChI is InChI=1S/C34H29N7O.C21H25ClN6O2.C20H20ClN3.C19H18Cl2FN3OS.C18H20ClN5/c42-34-39-26-8-4-5-9-31(26)41(34)25-14-16-40(17-15-25)20-22-10-12-24(13-11-22)33-32(23-6-2-1-3-7-23)37-29-18-27-28(36-21-35-27)19-30(29)38-33;22-15-3-1-14(2-4-15)17(6-12-29)27-20(30)21(23)7-10-28(11-8-21)19-16-5-9-24-18(16)25-13-26-19;21-19-7-5-18(6-8-19)20(9-11-22-12-10-20)17-3-1-15(2-4-17)16-13-23-24-14-16;1-25-18(15(20)10-24-25)14-8-17(27-19(14)21)16(26)7-12(9-23)5-11-3-2-4-13(22)6-11;19-14-3-1-13(2-4-14)11-18(20)6-9-24(10-7-18)17-15-5-8-21-16(15)22-12-23-17/h1-13,18-19,21,25,38H,14-17,20H2,(H,39,42);1-5,9,13,17,29H,6-8,10-12,23H2,(H,27,30)(H,24,25,26);1-8,13-14,22H,9-12H2,(H,23,24);2-4,6,8,10,12H,5,7,9,23H2,1H3;1-5,8,12H,6-7,9-11,20H2,(H,21,22,23)/t;17-;;12-;/m.0.1./s1. The normalized spacial score (nSPS) is 15.6. The van der Waals surface area contributed by atoms with E-state index >= 15 is 0 Å². The van der Waals surface area contributed by atoms with Gasteiger partial charge in [-0.25, -0.2) is 44.1 Å². The van der Waals surface area contributed by atoms with Gasteiger partial charge >= 0.3 is 5.69 Å². The second-order valence-corrected chi connectivity index (χ2v) is 41.4. The highest BCUT2D eigenvalue weighted by Gasteiger charge is 2.41. The summed E-state index contributed by atoms with van der Waals surface area (Å²) in [6.07, 6.45) is 22.9. The number of nitrogens with two attached hydrogens (primary N) is 3. The Morgan fingerprint density at radius 3 is 1.82 bits per heavy atom. The monoisotopic (exact) mass is 2080 g/mol. The molecule has 9 aromatic carbocycles. The van der Waals surface area contributed by atoms with Crippen molar-refractivity contribution < 1.29 is 19.1 Å². The van der Waals surface area contributed by atoms with Crippen LogP contribution in [-0.2, 0) is 36.6 Å². The van der Waals surface area contributed by atoms with Gasteiger partial charge in [0.15, 0.2) is 5.78 Å². The number of fused-ring (bicyclic) bond motifs is 5. The van der Waals surface area contributed by atoms with E-state index in [0.29, 0.717) is 75.8 Å². The van der Waals surface area contributed by atoms with Gasteiger partial charge in [-0.05, 0) is 226 Å². The zero-order valence-electron chi connectivity index (χ0n) is 80.9. The van der Waals surface area contributed by atoms with Gasteiger partial charge in [0.2, 0.25) is 5.91 Å². The lowest BCUT2D eigenvalue weighted by atomic mass is 9.68. The van der Waals surface area contributed by atoms with Gasteiger partial charge in [0, 0.05) is 139 Å². The summed E-state index contributed by atoms with van der Waals surface area (Å²) in [5.41, 5.74) is 39.6. The van der Waals surface area contributed by atoms with Gasteiger partial charge in [0.1, 0.15) is 52.1 Å². The molecular formula is C112H112Cl5FN24O4S. The number of thiophene rings is 1. The molecule has 14 heterocycles. The van der Waals surface area contributed by atoms with E-state index in [0.717, 1.165) is 207 Å². The number of hydrogen-bond donors (Lipinski definition) is 11. The zero-order valence-corrected chi connectivity index (χ0v) is 85.5. The third-order valence-corrected chi connectivity index (χ3v) is 30.9. The molecular weight excluding hydrogens is 1970 g/mol. The number of halogens is 6. The van der Waals surface area contributed by atoms with Crippen molar-refractivity contribution in [2.24, 2.45) is 30.2 Å². The predicted octanol–water partition coefficient (Wildman–Crippen LogP) is 21.0. The van der Waals surface area contributed by atoms with Gasteiger partial charge in [-0.15, -0.1) is 11.3 Å². The first-order valence-electron chi connectivity index (χ1n) is 49.3. The molecule has 4 aliphatic heterocycles. The van der Waals surface area contributed by atoms with Gasteiger partial charge in [-0.1, -0.05) is 198 Å². The fraction of sp³-hybridized carbons (Fsp3) is 0.268. The van der Waals surface area contributed by atoms with Gasteiger partial charge in [0.25, 0.3) is 0 Å². The number of imidazole rings is 2. The third-order valence-electron chi connectivity index (χ3n) is 28.5. The minimum Gasteiger partial charge on any atom is -0.396 e. The number of benzene rings is 9. The number of anilines is 2. The second kappa shape index (κ2) is 46.2. The molecule has 752 valence electrons. The number of carbonyl (C=O) groups excluding carboxylic acids is 2. The third kappa shape index (κ3) is 23.8. The molecule has 23 rings (SSSR count). The summed E-state index contributed by atoms with van der Waals surface area (Å²) in [6, 6.07) is 75.5. The first-order valence-corrected chi connectivity index (χ1v) is 52.0. The Balaban J connectivity index is 0.000000118. The number of aromatic amines is 5. The summed E-state index contributed by atoms with van der Waals surface area (Å²) in [5, 5.41) is 31.6. The Morgan fingerprint density at radius 1 is 0.592 bits per heavy atom. The molecule has 0 bridgehead atoms. The number of H-pyrrole nitrogens is 5. The number of piperidine rings is 4. The largest absolute Gasteiger partial charge is 0.396 e. The fourth-order valence-corrected chi connectivity index (χ4v) is 22.3. The Bertz CT molecular complexity index is 7750. The van der Waals surface area contributed by atoms with Crippen molar-refractivity contribution in [3.05, 3.63) is 359 Å². The van der Waals surface area contributed by atoms with Crippen LogP contribution in [-0.4, -0.2) is 178 Å². The average molecular weight is 2090 g/mol. The van der Waals surface area contributed by atoms with Crippen LogP contribution in [0.5, 0.6) is 0 Å². The highest BCUT2D eigenvalue weighted by atomic mass is 35.5. The molecule has 0 saturated carbocycles. The summed E-state index contributed by atoms with van der Waals surface area (Å²) in [4.78, 5) is 90.1. The van der Waals surface area contributed by atoms with Crippen LogP contribution in [0.2, 0.25) is 24.4 Å². The highest BCUT2D eigenvalue weighted by Crippen LogP contribution is 2.44. The van der Waals surface area contributed by atoms with Crippen molar-refractivity contribution in [3.63, 3.8) is 0 Å². The summed E-state index contributed by atoms with van der Waals surface area (Å²) in [7, 11) is 1.76. The molecule has 0 radical (unpaired) electrons. The Kier molecular flexibility index (Phi) is 32.0. The number of hydrogen-bond acceptors (Lipinski definition) is 21. The van der Waals surface area contributed by atoms with E-state index in [-0.39, 0.29) is 65.2 Å². The van der Waals surface area contributed by atoms with Crippen LogP contribution in [0, 0.1) is 11.7 Å². The first-order chi connectivity index (χ1) is 71.5. The molecule has 0 aliphatic carbocycles. The number of aliphatic hydroxyl groups excluding tert-OH is 1. The number of nitrogens with one attached hydrogen (secondary N) is 7. The van der Waals surface area contributed by atoms with Crippen molar-refractivity contribution in [1.82, 2.24) is 94.9 Å². The number of ketones is 1. The second-order valence-electron chi connectivity index (χ2n) is 38.1. The van der Waals surface area contributed by atoms with Gasteiger partial charge in [-0.3, -0.25) is 28.8 Å². The maximum Gasteiger partial charge on any atom is 0.326 e. The van der Waals surface area contributed by atoms with E-state index in [1.807, 2.05) is 139 Å². The maximum atomic E-state index is 13.4. The van der Waals surface area contributed by atoms with Crippen LogP contribution in [0.15, 0.2) is 285 Å². The summed E-state index contributed by atoms with van der Waals surface area (Å²) < 4.78 is 17.4. The van der Waals surface area contributed by atoms with Crippen molar-refractivity contribution >= 4 is 148 Å². The molecule has 4 aliphatic rings. The SMILES string of the molecule is Clc1ccc(C2(c3ccc(-c4cn[nH]c4)cc3)CCNCC2)cc1.Cn1ncc(Cl)c1-c1cc(C(=O)C[C@H](CN)Cc2cccc(F)c2)sc1Cl.NC1(C(=O)N[C@@H](CCO)c2ccc(Cl)cc2)CCN(c2ncnc3[nH]ccc23)CC1.NC1(Cc2ccc(Cl)cc2)CCN(c2ncnc3[nH]ccc23)CC1.O=c1[nH]c2ccccc2n1C1CCN(Cc2ccc(-c3[nH]c4cc5ncnc5cc4nc3-c3ccccc3)cc2)CC1. The number of likely N-dealkylation sites (tertiary alicyclic amines) is 1. The molecule has 4 fully saturated rings. The number of carbonyl (C=O) groups is 2. The number of aliphatic hydroxyl groups is 1.